The molecule has 3 heterocycles. The van der Waals surface area contributed by atoms with Gasteiger partial charge in [0.25, 0.3) is 0 Å². The lowest BCUT2D eigenvalue weighted by molar-refractivity contribution is -0.144. The molecule has 5 aromatic rings. The molecule has 0 bridgehead atoms. The van der Waals surface area contributed by atoms with E-state index in [9.17, 15) is 22.8 Å². The van der Waals surface area contributed by atoms with Crippen LogP contribution < -0.4 is 0 Å². The van der Waals surface area contributed by atoms with Gasteiger partial charge < -0.3 is 9.80 Å². The van der Waals surface area contributed by atoms with E-state index in [1.807, 2.05) is 72.8 Å². The number of halogens is 3. The molecule has 3 aromatic carbocycles. The van der Waals surface area contributed by atoms with E-state index < -0.39 is 23.8 Å². The van der Waals surface area contributed by atoms with Gasteiger partial charge in [-0.1, -0.05) is 84.9 Å². The SMILES string of the molecule is O=C([C@H](Cc1ccccc1)N(Cc1ccc(-c2cncnc2)cc1)C(=O)C=Cc1ccc(C(F)(F)F)nc1)N1CCc2ccccc2C1. The van der Waals surface area contributed by atoms with Crippen LogP contribution in [0.3, 0.4) is 0 Å². The minimum Gasteiger partial charge on any atom is -0.336 e. The molecule has 0 spiro atoms. The highest BCUT2D eigenvalue weighted by atomic mass is 19.4. The molecule has 0 unspecified atom stereocenters. The van der Waals surface area contributed by atoms with Gasteiger partial charge in [0, 0.05) is 56.3 Å². The number of carbonyl (C=O) groups excluding carboxylic acids is 2. The lowest BCUT2D eigenvalue weighted by Gasteiger charge is -2.37. The fourth-order valence-corrected chi connectivity index (χ4v) is 5.79. The van der Waals surface area contributed by atoms with Crippen molar-refractivity contribution in [2.45, 2.75) is 38.1 Å². The van der Waals surface area contributed by atoms with Crippen LogP contribution in [0.4, 0.5) is 13.2 Å². The monoisotopic (exact) mass is 647 g/mol. The van der Waals surface area contributed by atoms with Crippen molar-refractivity contribution in [3.8, 4) is 11.1 Å². The third-order valence-corrected chi connectivity index (χ3v) is 8.35. The number of aromatic nitrogens is 3. The number of fused-ring (bicyclic) bond motifs is 1. The molecule has 1 atom stereocenters. The Hall–Kier alpha value is -5.64. The summed E-state index contributed by atoms with van der Waals surface area (Å²) in [7, 11) is 0. The quantitative estimate of drug-likeness (QED) is 0.165. The van der Waals surface area contributed by atoms with Crippen molar-refractivity contribution in [1.82, 2.24) is 24.8 Å². The van der Waals surface area contributed by atoms with Gasteiger partial charge in [-0.25, -0.2) is 9.97 Å². The predicted molar refractivity (Wildman–Crippen MR) is 176 cm³/mol. The summed E-state index contributed by atoms with van der Waals surface area (Å²) in [5.41, 5.74) is 5.00. The Balaban J connectivity index is 1.34. The van der Waals surface area contributed by atoms with Crippen LogP contribution in [0.5, 0.6) is 0 Å². The van der Waals surface area contributed by atoms with E-state index in [-0.39, 0.29) is 18.9 Å². The number of hydrogen-bond donors (Lipinski definition) is 0. The minimum atomic E-state index is -4.57. The van der Waals surface area contributed by atoms with Gasteiger partial charge in [-0.15, -0.1) is 0 Å². The lowest BCUT2D eigenvalue weighted by atomic mass is 9.97. The molecule has 0 N–H and O–H groups in total. The highest BCUT2D eigenvalue weighted by Crippen LogP contribution is 2.28. The minimum absolute atomic E-state index is 0.119. The number of nitrogens with zero attached hydrogens (tertiary/aromatic N) is 5. The Kier molecular flexibility index (Phi) is 9.70. The third kappa shape index (κ3) is 7.83. The van der Waals surface area contributed by atoms with Gasteiger partial charge in [0.05, 0.1) is 0 Å². The number of pyridine rings is 1. The smallest absolute Gasteiger partial charge is 0.336 e. The standard InChI is InChI=1S/C38H32F3N5O2/c39-38(40,41)35-16-12-28(21-44-35)13-17-36(47)46(24-29-10-14-31(15-11-29)33-22-42-26-43-23-33)34(20-27-6-2-1-3-7-27)37(48)45-19-18-30-8-4-5-9-32(30)25-45/h1-17,21-23,26,34H,18-20,24-25H2/t34-/m0/s1. The van der Waals surface area contributed by atoms with Crippen molar-refractivity contribution < 1.29 is 22.8 Å². The van der Waals surface area contributed by atoms with Gasteiger partial charge >= 0.3 is 6.18 Å². The zero-order chi connectivity index (χ0) is 33.5. The molecule has 0 saturated heterocycles. The first kappa shape index (κ1) is 32.3. The molecule has 1 aliphatic rings. The van der Waals surface area contributed by atoms with Crippen LogP contribution in [0.1, 0.15) is 33.5 Å². The average Bonchev–Trinajstić information content (AvgIpc) is 3.12. The van der Waals surface area contributed by atoms with E-state index in [1.54, 1.807) is 22.2 Å². The predicted octanol–water partition coefficient (Wildman–Crippen LogP) is 6.80. The fourth-order valence-electron chi connectivity index (χ4n) is 5.79. The van der Waals surface area contributed by atoms with Crippen molar-refractivity contribution in [2.24, 2.45) is 0 Å². The topological polar surface area (TPSA) is 79.3 Å². The molecule has 2 aromatic heterocycles. The van der Waals surface area contributed by atoms with Crippen molar-refractivity contribution >= 4 is 17.9 Å². The number of rotatable bonds is 9. The molecule has 10 heteroatoms. The average molecular weight is 648 g/mol. The van der Waals surface area contributed by atoms with E-state index in [4.69, 9.17) is 0 Å². The molecular weight excluding hydrogens is 615 g/mol. The van der Waals surface area contributed by atoms with E-state index in [0.717, 1.165) is 40.1 Å². The molecular formula is C38H32F3N5O2. The molecule has 0 fully saturated rings. The van der Waals surface area contributed by atoms with Crippen LogP contribution in [0.15, 0.2) is 122 Å². The fraction of sp³-hybridized carbons (Fsp3) is 0.184. The van der Waals surface area contributed by atoms with Gasteiger partial charge in [-0.2, -0.15) is 13.2 Å². The summed E-state index contributed by atoms with van der Waals surface area (Å²) in [6.07, 6.45) is 5.07. The largest absolute Gasteiger partial charge is 0.433 e. The summed E-state index contributed by atoms with van der Waals surface area (Å²) in [6.45, 7) is 1.07. The second kappa shape index (κ2) is 14.4. The second-order valence-corrected chi connectivity index (χ2v) is 11.6. The summed E-state index contributed by atoms with van der Waals surface area (Å²) >= 11 is 0. The Labute approximate surface area is 276 Å². The molecule has 0 radical (unpaired) electrons. The van der Waals surface area contributed by atoms with Crippen LogP contribution in [0.25, 0.3) is 17.2 Å². The highest BCUT2D eigenvalue weighted by Gasteiger charge is 2.34. The second-order valence-electron chi connectivity index (χ2n) is 11.6. The van der Waals surface area contributed by atoms with Crippen molar-refractivity contribution in [3.05, 3.63) is 156 Å². The van der Waals surface area contributed by atoms with Crippen molar-refractivity contribution in [2.75, 3.05) is 6.54 Å². The Bertz CT molecular complexity index is 1880. The van der Waals surface area contributed by atoms with E-state index in [0.29, 0.717) is 25.1 Å². The zero-order valence-electron chi connectivity index (χ0n) is 25.9. The van der Waals surface area contributed by atoms with E-state index in [1.165, 1.54) is 30.1 Å². The van der Waals surface area contributed by atoms with Crippen LogP contribution in [-0.2, 0) is 41.7 Å². The summed E-state index contributed by atoms with van der Waals surface area (Å²) in [5, 5.41) is 0. The Morgan fingerprint density at radius 3 is 2.21 bits per heavy atom. The third-order valence-electron chi connectivity index (χ3n) is 8.35. The number of hydrogen-bond acceptors (Lipinski definition) is 5. The van der Waals surface area contributed by atoms with Crippen LogP contribution >= 0.6 is 0 Å². The number of carbonyl (C=O) groups is 2. The molecule has 0 saturated carbocycles. The zero-order valence-corrected chi connectivity index (χ0v) is 25.9. The van der Waals surface area contributed by atoms with Crippen molar-refractivity contribution in [1.29, 1.82) is 0 Å². The van der Waals surface area contributed by atoms with Crippen LogP contribution in [-0.4, -0.2) is 49.2 Å². The maximum atomic E-state index is 14.5. The molecule has 242 valence electrons. The molecule has 2 amide bonds. The number of benzene rings is 3. The number of alkyl halides is 3. The highest BCUT2D eigenvalue weighted by molar-refractivity contribution is 5.95. The maximum absolute atomic E-state index is 14.5. The first-order chi connectivity index (χ1) is 23.2. The molecule has 48 heavy (non-hydrogen) atoms. The van der Waals surface area contributed by atoms with Gasteiger partial charge in [0.2, 0.25) is 11.8 Å². The Morgan fingerprint density at radius 2 is 1.52 bits per heavy atom. The first-order valence-electron chi connectivity index (χ1n) is 15.5. The Morgan fingerprint density at radius 1 is 0.812 bits per heavy atom. The molecule has 7 nitrogen and oxygen atoms in total. The van der Waals surface area contributed by atoms with Gasteiger partial charge in [0.1, 0.15) is 18.1 Å². The normalized spacial score (nSPS) is 13.6. The van der Waals surface area contributed by atoms with Gasteiger partial charge in [-0.05, 0) is 51.9 Å². The first-order valence-corrected chi connectivity index (χ1v) is 15.5. The summed E-state index contributed by atoms with van der Waals surface area (Å²) in [5.74, 6) is -0.633. The summed E-state index contributed by atoms with van der Waals surface area (Å²) in [6, 6.07) is 26.5. The van der Waals surface area contributed by atoms with Crippen LogP contribution in [0.2, 0.25) is 0 Å². The molecule has 6 rings (SSSR count). The van der Waals surface area contributed by atoms with Gasteiger partial charge in [0.15, 0.2) is 0 Å². The number of amides is 2. The van der Waals surface area contributed by atoms with Gasteiger partial charge in [-0.3, -0.25) is 14.6 Å². The van der Waals surface area contributed by atoms with E-state index >= 15 is 0 Å². The lowest BCUT2D eigenvalue weighted by Crippen LogP contribution is -2.52. The summed E-state index contributed by atoms with van der Waals surface area (Å²) < 4.78 is 39.2. The van der Waals surface area contributed by atoms with E-state index in [2.05, 4.69) is 21.0 Å². The van der Waals surface area contributed by atoms with Crippen LogP contribution in [0, 0.1) is 0 Å². The molecule has 1 aliphatic heterocycles. The summed E-state index contributed by atoms with van der Waals surface area (Å²) in [4.78, 5) is 43.6. The molecule has 0 aliphatic carbocycles. The van der Waals surface area contributed by atoms with Crippen molar-refractivity contribution in [3.63, 3.8) is 0 Å². The maximum Gasteiger partial charge on any atom is 0.433 e.